The van der Waals surface area contributed by atoms with Gasteiger partial charge in [-0.3, -0.25) is 9.59 Å². The second-order valence-corrected chi connectivity index (χ2v) is 5.93. The summed E-state index contributed by atoms with van der Waals surface area (Å²) < 4.78 is 6.30. The van der Waals surface area contributed by atoms with Crippen LogP contribution in [0.2, 0.25) is 0 Å². The third-order valence-corrected chi connectivity index (χ3v) is 3.73. The molecule has 0 atom stereocenters. The number of hydrogen-bond donors (Lipinski definition) is 2. The van der Waals surface area contributed by atoms with Gasteiger partial charge in [0.15, 0.2) is 0 Å². The first kappa shape index (κ1) is 18.5. The van der Waals surface area contributed by atoms with Gasteiger partial charge in [-0.2, -0.15) is 0 Å². The number of rotatable bonds is 10. The summed E-state index contributed by atoms with van der Waals surface area (Å²) in [6.07, 6.45) is 3.32. The molecule has 0 fully saturated rings. The van der Waals surface area contributed by atoms with Crippen molar-refractivity contribution in [2.45, 2.75) is 38.5 Å². The lowest BCUT2D eigenvalue weighted by molar-refractivity contribution is -0.137. The topological polar surface area (TPSA) is 75.6 Å². The van der Waals surface area contributed by atoms with E-state index < -0.39 is 5.97 Å². The Labute approximate surface area is 139 Å². The van der Waals surface area contributed by atoms with Gasteiger partial charge in [0.1, 0.15) is 5.75 Å². The third-order valence-electron chi connectivity index (χ3n) is 3.24. The van der Waals surface area contributed by atoms with Crippen molar-refractivity contribution in [1.82, 2.24) is 5.32 Å². The van der Waals surface area contributed by atoms with Gasteiger partial charge in [-0.05, 0) is 43.4 Å². The molecule has 0 spiro atoms. The highest BCUT2D eigenvalue weighted by Crippen LogP contribution is 2.24. The number of unbranched alkanes of at least 4 members (excludes halogenated alkanes) is 1. The molecule has 0 aromatic heterocycles. The van der Waals surface area contributed by atoms with Crippen LogP contribution in [0.5, 0.6) is 5.75 Å². The lowest BCUT2D eigenvalue weighted by Gasteiger charge is -2.09. The quantitative estimate of drug-likeness (QED) is 0.619. The third kappa shape index (κ3) is 7.45. The molecule has 1 aromatic carbocycles. The van der Waals surface area contributed by atoms with Crippen molar-refractivity contribution in [3.63, 3.8) is 0 Å². The van der Waals surface area contributed by atoms with Gasteiger partial charge in [0.25, 0.3) is 0 Å². The first-order chi connectivity index (χ1) is 10.5. The molecule has 1 amide bonds. The van der Waals surface area contributed by atoms with E-state index in [4.69, 9.17) is 9.84 Å². The molecule has 0 aliphatic heterocycles. The Balaban J connectivity index is 2.19. The summed E-state index contributed by atoms with van der Waals surface area (Å²) >= 11 is 3.40. The monoisotopic (exact) mass is 371 g/mol. The van der Waals surface area contributed by atoms with E-state index in [2.05, 4.69) is 21.2 Å². The molecule has 0 unspecified atom stereocenters. The molecule has 1 rings (SSSR count). The van der Waals surface area contributed by atoms with Gasteiger partial charge in [-0.25, -0.2) is 0 Å². The molecule has 0 saturated carbocycles. The number of amides is 1. The van der Waals surface area contributed by atoms with Crippen LogP contribution in [0.4, 0.5) is 0 Å². The van der Waals surface area contributed by atoms with Gasteiger partial charge in [0.05, 0.1) is 7.11 Å². The molecule has 6 heteroatoms. The van der Waals surface area contributed by atoms with Crippen LogP contribution in [0.25, 0.3) is 0 Å². The van der Waals surface area contributed by atoms with Crippen LogP contribution in [-0.2, 0) is 16.0 Å². The summed E-state index contributed by atoms with van der Waals surface area (Å²) in [5.41, 5.74) is 1.11. The predicted molar refractivity (Wildman–Crippen MR) is 88.1 cm³/mol. The Kier molecular flexibility index (Phi) is 8.58. The van der Waals surface area contributed by atoms with E-state index in [1.807, 2.05) is 18.2 Å². The zero-order chi connectivity index (χ0) is 16.4. The van der Waals surface area contributed by atoms with Crippen molar-refractivity contribution in [2.24, 2.45) is 0 Å². The number of ether oxygens (including phenoxy) is 1. The normalized spacial score (nSPS) is 10.3. The van der Waals surface area contributed by atoms with Gasteiger partial charge in [-0.15, -0.1) is 0 Å². The number of carboxylic acids is 1. The summed E-state index contributed by atoms with van der Waals surface area (Å²) in [4.78, 5) is 21.9. The molecular formula is C16H22BrNO4. The molecule has 0 saturated heterocycles. The number of nitrogens with one attached hydrogen (secondary N) is 1. The Morgan fingerprint density at radius 3 is 2.64 bits per heavy atom. The highest BCUT2D eigenvalue weighted by molar-refractivity contribution is 9.10. The molecule has 0 aliphatic carbocycles. The second-order valence-electron chi connectivity index (χ2n) is 5.01. The fourth-order valence-corrected chi connectivity index (χ4v) is 2.42. The molecular weight excluding hydrogens is 350 g/mol. The van der Waals surface area contributed by atoms with Crippen LogP contribution < -0.4 is 10.1 Å². The highest BCUT2D eigenvalue weighted by Gasteiger charge is 2.05. The maximum atomic E-state index is 11.6. The summed E-state index contributed by atoms with van der Waals surface area (Å²) in [6.45, 7) is 0.608. The van der Waals surface area contributed by atoms with Crippen molar-refractivity contribution in [3.05, 3.63) is 28.2 Å². The molecule has 22 heavy (non-hydrogen) atoms. The van der Waals surface area contributed by atoms with Gasteiger partial charge < -0.3 is 15.2 Å². The summed E-state index contributed by atoms with van der Waals surface area (Å²) in [6, 6.07) is 5.91. The van der Waals surface area contributed by atoms with Gasteiger partial charge in [0, 0.05) is 23.9 Å². The summed E-state index contributed by atoms with van der Waals surface area (Å²) in [7, 11) is 1.64. The van der Waals surface area contributed by atoms with Crippen LogP contribution in [0, 0.1) is 0 Å². The van der Waals surface area contributed by atoms with Crippen LogP contribution in [0.3, 0.4) is 0 Å². The van der Waals surface area contributed by atoms with E-state index in [-0.39, 0.29) is 12.3 Å². The average Bonchev–Trinajstić information content (AvgIpc) is 2.49. The number of hydrogen-bond acceptors (Lipinski definition) is 3. The van der Waals surface area contributed by atoms with Crippen LogP contribution in [-0.4, -0.2) is 30.6 Å². The molecule has 0 radical (unpaired) electrons. The number of benzene rings is 1. The number of aliphatic carboxylic acids is 1. The number of methoxy groups -OCH3 is 1. The maximum Gasteiger partial charge on any atom is 0.303 e. The van der Waals surface area contributed by atoms with E-state index in [1.165, 1.54) is 0 Å². The minimum absolute atomic E-state index is 0.0202. The number of aryl methyl sites for hydroxylation is 1. The standard InChI is InChI=1S/C16H22BrNO4/c1-22-14-11-13(17)9-8-12(14)5-4-10-18-15(19)6-2-3-7-16(20)21/h8-9,11H,2-7,10H2,1H3,(H,18,19)(H,20,21). The van der Waals surface area contributed by atoms with E-state index in [0.717, 1.165) is 28.6 Å². The SMILES string of the molecule is COc1cc(Br)ccc1CCCNC(=O)CCCCC(=O)O. The zero-order valence-electron chi connectivity index (χ0n) is 12.7. The van der Waals surface area contributed by atoms with Crippen molar-refractivity contribution in [3.8, 4) is 5.75 Å². The van der Waals surface area contributed by atoms with Crippen LogP contribution in [0.1, 0.15) is 37.7 Å². The lowest BCUT2D eigenvalue weighted by Crippen LogP contribution is -2.24. The fourth-order valence-electron chi connectivity index (χ4n) is 2.08. The minimum Gasteiger partial charge on any atom is -0.496 e. The van der Waals surface area contributed by atoms with Crippen molar-refractivity contribution < 1.29 is 19.4 Å². The van der Waals surface area contributed by atoms with Crippen molar-refractivity contribution in [2.75, 3.05) is 13.7 Å². The second kappa shape index (κ2) is 10.2. The molecule has 0 aliphatic rings. The van der Waals surface area contributed by atoms with E-state index in [0.29, 0.717) is 25.8 Å². The largest absolute Gasteiger partial charge is 0.496 e. The molecule has 1 aromatic rings. The lowest BCUT2D eigenvalue weighted by atomic mass is 10.1. The Bertz CT molecular complexity index is 505. The number of carbonyl (C=O) groups is 2. The van der Waals surface area contributed by atoms with E-state index in [9.17, 15) is 9.59 Å². The first-order valence-corrected chi connectivity index (χ1v) is 8.13. The molecule has 5 nitrogen and oxygen atoms in total. The molecule has 2 N–H and O–H groups in total. The fraction of sp³-hybridized carbons (Fsp3) is 0.500. The minimum atomic E-state index is -0.816. The van der Waals surface area contributed by atoms with E-state index in [1.54, 1.807) is 7.11 Å². The smallest absolute Gasteiger partial charge is 0.303 e. The Morgan fingerprint density at radius 1 is 1.23 bits per heavy atom. The summed E-state index contributed by atoms with van der Waals surface area (Å²) in [5, 5.41) is 11.4. The summed E-state index contributed by atoms with van der Waals surface area (Å²) in [5.74, 6) is 0.00591. The van der Waals surface area contributed by atoms with Gasteiger partial charge >= 0.3 is 5.97 Å². The van der Waals surface area contributed by atoms with Gasteiger partial charge in [0.2, 0.25) is 5.91 Å². The zero-order valence-corrected chi connectivity index (χ0v) is 14.3. The van der Waals surface area contributed by atoms with Crippen molar-refractivity contribution in [1.29, 1.82) is 0 Å². The Hall–Kier alpha value is -1.56. The van der Waals surface area contributed by atoms with Crippen molar-refractivity contribution >= 4 is 27.8 Å². The molecule has 0 bridgehead atoms. The average molecular weight is 372 g/mol. The molecule has 0 heterocycles. The first-order valence-electron chi connectivity index (χ1n) is 7.34. The van der Waals surface area contributed by atoms with Crippen LogP contribution in [0.15, 0.2) is 22.7 Å². The number of halogens is 1. The van der Waals surface area contributed by atoms with Crippen LogP contribution >= 0.6 is 15.9 Å². The van der Waals surface area contributed by atoms with E-state index >= 15 is 0 Å². The molecule has 122 valence electrons. The maximum absolute atomic E-state index is 11.6. The highest BCUT2D eigenvalue weighted by atomic mass is 79.9. The Morgan fingerprint density at radius 2 is 1.95 bits per heavy atom. The van der Waals surface area contributed by atoms with Gasteiger partial charge in [-0.1, -0.05) is 22.0 Å². The number of carbonyl (C=O) groups excluding carboxylic acids is 1. The predicted octanol–water partition coefficient (Wildman–Crippen LogP) is 3.15. The number of carboxylic acid groups (broad SMARTS) is 1.